The molecule has 3 rings (SSSR count). The summed E-state index contributed by atoms with van der Waals surface area (Å²) >= 11 is 0. The molecule has 0 saturated heterocycles. The van der Waals surface area contributed by atoms with E-state index in [0.717, 1.165) is 29.0 Å². The molecule has 4 nitrogen and oxygen atoms in total. The van der Waals surface area contributed by atoms with Gasteiger partial charge in [0.1, 0.15) is 12.1 Å². The highest BCUT2D eigenvalue weighted by Crippen LogP contribution is 2.22. The van der Waals surface area contributed by atoms with Crippen LogP contribution in [0.1, 0.15) is 5.56 Å². The van der Waals surface area contributed by atoms with Crippen LogP contribution < -0.4 is 10.6 Å². The average Bonchev–Trinajstić information content (AvgIpc) is 2.49. The van der Waals surface area contributed by atoms with Gasteiger partial charge in [0, 0.05) is 24.7 Å². The van der Waals surface area contributed by atoms with Crippen molar-refractivity contribution in [2.24, 2.45) is 0 Å². The Morgan fingerprint density at radius 1 is 1.00 bits per heavy atom. The van der Waals surface area contributed by atoms with Gasteiger partial charge in [-0.1, -0.05) is 24.3 Å². The SMILES string of the molecule is CN(Cc1ccc(N)cc1)c1ncnc2ccccc12. The number of nitrogens with two attached hydrogens (primary N) is 1. The van der Waals surface area contributed by atoms with Crippen LogP contribution in [0.2, 0.25) is 0 Å². The third-order valence-electron chi connectivity index (χ3n) is 3.28. The number of aromatic nitrogens is 2. The zero-order valence-corrected chi connectivity index (χ0v) is 11.3. The summed E-state index contributed by atoms with van der Waals surface area (Å²) in [5.41, 5.74) is 8.65. The van der Waals surface area contributed by atoms with Gasteiger partial charge >= 0.3 is 0 Å². The Balaban J connectivity index is 1.92. The van der Waals surface area contributed by atoms with Gasteiger partial charge in [-0.15, -0.1) is 0 Å². The standard InChI is InChI=1S/C16H16N4/c1-20(10-12-6-8-13(17)9-7-12)16-14-4-2-3-5-15(14)18-11-19-16/h2-9,11H,10,17H2,1H3. The Labute approximate surface area is 117 Å². The third-order valence-corrected chi connectivity index (χ3v) is 3.28. The maximum atomic E-state index is 5.71. The van der Waals surface area contributed by atoms with Crippen LogP contribution in [-0.4, -0.2) is 17.0 Å². The summed E-state index contributed by atoms with van der Waals surface area (Å²) in [5.74, 6) is 0.937. The largest absolute Gasteiger partial charge is 0.399 e. The van der Waals surface area contributed by atoms with Gasteiger partial charge in [0.05, 0.1) is 5.52 Å². The minimum Gasteiger partial charge on any atom is -0.399 e. The van der Waals surface area contributed by atoms with Crippen LogP contribution in [0, 0.1) is 0 Å². The first-order chi connectivity index (χ1) is 9.74. The number of nitrogen functional groups attached to an aromatic ring is 1. The summed E-state index contributed by atoms with van der Waals surface area (Å²) < 4.78 is 0. The van der Waals surface area contributed by atoms with Crippen LogP contribution >= 0.6 is 0 Å². The van der Waals surface area contributed by atoms with Gasteiger partial charge in [-0.2, -0.15) is 0 Å². The van der Waals surface area contributed by atoms with Gasteiger partial charge in [0.15, 0.2) is 0 Å². The van der Waals surface area contributed by atoms with Crippen LogP contribution in [0.3, 0.4) is 0 Å². The van der Waals surface area contributed by atoms with E-state index in [0.29, 0.717) is 0 Å². The number of benzene rings is 2. The smallest absolute Gasteiger partial charge is 0.139 e. The second-order valence-corrected chi connectivity index (χ2v) is 4.81. The molecule has 20 heavy (non-hydrogen) atoms. The molecule has 2 aromatic carbocycles. The highest BCUT2D eigenvalue weighted by molar-refractivity contribution is 5.89. The first-order valence-corrected chi connectivity index (χ1v) is 6.49. The number of anilines is 2. The summed E-state index contributed by atoms with van der Waals surface area (Å²) in [4.78, 5) is 10.8. The van der Waals surface area contributed by atoms with Crippen LogP contribution in [-0.2, 0) is 6.54 Å². The van der Waals surface area contributed by atoms with Crippen molar-refractivity contribution in [1.29, 1.82) is 0 Å². The molecule has 0 spiro atoms. The zero-order chi connectivity index (χ0) is 13.9. The lowest BCUT2D eigenvalue weighted by Crippen LogP contribution is -2.18. The average molecular weight is 264 g/mol. The van der Waals surface area contributed by atoms with E-state index in [1.165, 1.54) is 5.56 Å². The van der Waals surface area contributed by atoms with Crippen molar-refractivity contribution in [1.82, 2.24) is 9.97 Å². The number of hydrogen-bond donors (Lipinski definition) is 1. The van der Waals surface area contributed by atoms with Crippen LogP contribution in [0.25, 0.3) is 10.9 Å². The number of fused-ring (bicyclic) bond motifs is 1. The highest BCUT2D eigenvalue weighted by atomic mass is 15.2. The van der Waals surface area contributed by atoms with Crippen molar-refractivity contribution in [3.8, 4) is 0 Å². The van der Waals surface area contributed by atoms with Crippen LogP contribution in [0.5, 0.6) is 0 Å². The molecular formula is C16H16N4. The highest BCUT2D eigenvalue weighted by Gasteiger charge is 2.08. The monoisotopic (exact) mass is 264 g/mol. The molecule has 0 aliphatic rings. The molecule has 0 bridgehead atoms. The van der Waals surface area contributed by atoms with Gasteiger partial charge in [-0.3, -0.25) is 0 Å². The van der Waals surface area contributed by atoms with Gasteiger partial charge in [-0.25, -0.2) is 9.97 Å². The molecule has 4 heteroatoms. The predicted octanol–water partition coefficient (Wildman–Crippen LogP) is 2.85. The van der Waals surface area contributed by atoms with Gasteiger partial charge < -0.3 is 10.6 Å². The summed E-state index contributed by atoms with van der Waals surface area (Å²) in [6.07, 6.45) is 1.61. The second kappa shape index (κ2) is 5.17. The molecular weight excluding hydrogens is 248 g/mol. The Morgan fingerprint density at radius 3 is 2.55 bits per heavy atom. The van der Waals surface area contributed by atoms with E-state index in [1.54, 1.807) is 6.33 Å². The van der Waals surface area contributed by atoms with Crippen LogP contribution in [0.15, 0.2) is 54.9 Å². The Morgan fingerprint density at radius 2 is 1.75 bits per heavy atom. The minimum atomic E-state index is 0.779. The number of nitrogens with zero attached hydrogens (tertiary/aromatic N) is 3. The van der Waals surface area contributed by atoms with E-state index >= 15 is 0 Å². The molecule has 0 atom stereocenters. The summed E-state index contributed by atoms with van der Waals surface area (Å²) in [7, 11) is 2.03. The first-order valence-electron chi connectivity index (χ1n) is 6.49. The summed E-state index contributed by atoms with van der Waals surface area (Å²) in [5, 5.41) is 1.06. The van der Waals surface area contributed by atoms with E-state index in [-0.39, 0.29) is 0 Å². The maximum absolute atomic E-state index is 5.71. The molecule has 0 fully saturated rings. The minimum absolute atomic E-state index is 0.779. The molecule has 0 radical (unpaired) electrons. The Kier molecular flexibility index (Phi) is 3.21. The molecule has 1 heterocycles. The van der Waals surface area contributed by atoms with E-state index < -0.39 is 0 Å². The van der Waals surface area contributed by atoms with Gasteiger partial charge in [-0.05, 0) is 29.8 Å². The molecule has 0 saturated carbocycles. The zero-order valence-electron chi connectivity index (χ0n) is 11.3. The van der Waals surface area contributed by atoms with Crippen molar-refractivity contribution in [3.63, 3.8) is 0 Å². The quantitative estimate of drug-likeness (QED) is 0.739. The second-order valence-electron chi connectivity index (χ2n) is 4.81. The summed E-state index contributed by atoms with van der Waals surface area (Å²) in [6.45, 7) is 0.779. The van der Waals surface area contributed by atoms with E-state index in [9.17, 15) is 0 Å². The molecule has 100 valence electrons. The normalized spacial score (nSPS) is 10.7. The molecule has 2 N–H and O–H groups in total. The lowest BCUT2D eigenvalue weighted by Gasteiger charge is -2.19. The van der Waals surface area contributed by atoms with Gasteiger partial charge in [0.2, 0.25) is 0 Å². The van der Waals surface area contributed by atoms with E-state index in [1.807, 2.05) is 55.6 Å². The lowest BCUT2D eigenvalue weighted by atomic mass is 10.2. The van der Waals surface area contributed by atoms with E-state index in [2.05, 4.69) is 14.9 Å². The van der Waals surface area contributed by atoms with Gasteiger partial charge in [0.25, 0.3) is 0 Å². The fourth-order valence-corrected chi connectivity index (χ4v) is 2.27. The topological polar surface area (TPSA) is 55.0 Å². The first kappa shape index (κ1) is 12.4. The molecule has 0 aliphatic heterocycles. The number of rotatable bonds is 3. The Bertz CT molecular complexity index is 717. The maximum Gasteiger partial charge on any atom is 0.139 e. The molecule has 3 aromatic rings. The molecule has 0 aliphatic carbocycles. The van der Waals surface area contributed by atoms with Crippen molar-refractivity contribution in [2.45, 2.75) is 6.54 Å². The molecule has 0 amide bonds. The number of para-hydroxylation sites is 1. The van der Waals surface area contributed by atoms with Crippen molar-refractivity contribution in [3.05, 3.63) is 60.4 Å². The predicted molar refractivity (Wildman–Crippen MR) is 82.5 cm³/mol. The fourth-order valence-electron chi connectivity index (χ4n) is 2.27. The molecule has 0 unspecified atom stereocenters. The lowest BCUT2D eigenvalue weighted by molar-refractivity contribution is 0.900. The van der Waals surface area contributed by atoms with Crippen molar-refractivity contribution in [2.75, 3.05) is 17.7 Å². The Hall–Kier alpha value is -2.62. The fraction of sp³-hybridized carbons (Fsp3) is 0.125. The number of hydrogen-bond acceptors (Lipinski definition) is 4. The summed E-state index contributed by atoms with van der Waals surface area (Å²) in [6, 6.07) is 15.9. The van der Waals surface area contributed by atoms with Crippen LogP contribution in [0.4, 0.5) is 11.5 Å². The van der Waals surface area contributed by atoms with E-state index in [4.69, 9.17) is 5.73 Å². The van der Waals surface area contributed by atoms with Crippen molar-refractivity contribution < 1.29 is 0 Å². The third kappa shape index (κ3) is 2.40. The molecule has 1 aromatic heterocycles. The van der Waals surface area contributed by atoms with Crippen molar-refractivity contribution >= 4 is 22.4 Å².